The molecule has 1 heterocycles. The first-order valence-electron chi connectivity index (χ1n) is 5.64. The van der Waals surface area contributed by atoms with Gasteiger partial charge in [0.25, 0.3) is 0 Å². The zero-order valence-corrected chi connectivity index (χ0v) is 9.56. The summed E-state index contributed by atoms with van der Waals surface area (Å²) in [7, 11) is 0. The van der Waals surface area contributed by atoms with E-state index in [-0.39, 0.29) is 5.82 Å². The predicted octanol–water partition coefficient (Wildman–Crippen LogP) is 3.39. The van der Waals surface area contributed by atoms with E-state index in [1.165, 1.54) is 12.1 Å². The molecule has 0 N–H and O–H groups in total. The van der Waals surface area contributed by atoms with Crippen molar-refractivity contribution in [3.8, 4) is 23.0 Å². The standard InChI is InChI=1S/C14H11FO3/c15-10-1-3-11(4-2-10)18-12-5-6-13-14(9-12)17-8-7-16-13/h1-6,9H,7-8H2. The van der Waals surface area contributed by atoms with Gasteiger partial charge >= 0.3 is 0 Å². The van der Waals surface area contributed by atoms with Gasteiger partial charge in [-0.05, 0) is 36.4 Å². The molecule has 3 rings (SSSR count). The maximum Gasteiger partial charge on any atom is 0.165 e. The van der Waals surface area contributed by atoms with Gasteiger partial charge in [-0.3, -0.25) is 0 Å². The van der Waals surface area contributed by atoms with Gasteiger partial charge in [0.05, 0.1) is 0 Å². The lowest BCUT2D eigenvalue weighted by Crippen LogP contribution is -2.15. The van der Waals surface area contributed by atoms with Gasteiger partial charge < -0.3 is 14.2 Å². The monoisotopic (exact) mass is 246 g/mol. The highest BCUT2D eigenvalue weighted by atomic mass is 19.1. The summed E-state index contributed by atoms with van der Waals surface area (Å²) >= 11 is 0. The van der Waals surface area contributed by atoms with Gasteiger partial charge in [0, 0.05) is 6.07 Å². The molecule has 0 amide bonds. The minimum absolute atomic E-state index is 0.287. The van der Waals surface area contributed by atoms with E-state index in [2.05, 4.69) is 0 Å². The molecule has 0 saturated carbocycles. The lowest BCUT2D eigenvalue weighted by molar-refractivity contribution is 0.171. The van der Waals surface area contributed by atoms with Crippen LogP contribution in [0.5, 0.6) is 23.0 Å². The van der Waals surface area contributed by atoms with E-state index < -0.39 is 0 Å². The number of hydrogen-bond acceptors (Lipinski definition) is 3. The Morgan fingerprint density at radius 2 is 1.50 bits per heavy atom. The average molecular weight is 246 g/mol. The van der Waals surface area contributed by atoms with Crippen LogP contribution in [0.15, 0.2) is 42.5 Å². The van der Waals surface area contributed by atoms with Crippen LogP contribution in [0, 0.1) is 5.82 Å². The summed E-state index contributed by atoms with van der Waals surface area (Å²) in [6.45, 7) is 1.10. The summed E-state index contributed by atoms with van der Waals surface area (Å²) in [5.41, 5.74) is 0. The lowest BCUT2D eigenvalue weighted by atomic mass is 10.3. The molecular formula is C14H11FO3. The van der Waals surface area contributed by atoms with Crippen LogP contribution in [0.1, 0.15) is 0 Å². The fraction of sp³-hybridized carbons (Fsp3) is 0.143. The van der Waals surface area contributed by atoms with Crippen molar-refractivity contribution in [3.05, 3.63) is 48.3 Å². The molecule has 1 aliphatic rings. The summed E-state index contributed by atoms with van der Waals surface area (Å²) < 4.78 is 29.2. The second-order valence-electron chi connectivity index (χ2n) is 3.86. The minimum atomic E-state index is -0.287. The van der Waals surface area contributed by atoms with Crippen LogP contribution >= 0.6 is 0 Å². The van der Waals surface area contributed by atoms with E-state index in [9.17, 15) is 4.39 Å². The van der Waals surface area contributed by atoms with Crippen molar-refractivity contribution in [1.29, 1.82) is 0 Å². The van der Waals surface area contributed by atoms with Crippen LogP contribution in [0.3, 0.4) is 0 Å². The van der Waals surface area contributed by atoms with Crippen LogP contribution in [-0.4, -0.2) is 13.2 Å². The summed E-state index contributed by atoms with van der Waals surface area (Å²) in [5, 5.41) is 0. The van der Waals surface area contributed by atoms with E-state index in [1.54, 1.807) is 30.3 Å². The normalized spacial score (nSPS) is 13.2. The zero-order valence-electron chi connectivity index (χ0n) is 9.56. The Balaban J connectivity index is 1.82. The molecular weight excluding hydrogens is 235 g/mol. The molecule has 2 aromatic carbocycles. The molecule has 18 heavy (non-hydrogen) atoms. The molecule has 0 aliphatic carbocycles. The third kappa shape index (κ3) is 2.22. The van der Waals surface area contributed by atoms with Crippen molar-refractivity contribution >= 4 is 0 Å². The van der Waals surface area contributed by atoms with Crippen molar-refractivity contribution in [2.24, 2.45) is 0 Å². The fourth-order valence-electron chi connectivity index (χ4n) is 1.73. The van der Waals surface area contributed by atoms with E-state index in [4.69, 9.17) is 14.2 Å². The molecule has 4 heteroatoms. The molecule has 0 fully saturated rings. The Bertz CT molecular complexity index is 551. The maximum absolute atomic E-state index is 12.8. The molecule has 1 aliphatic heterocycles. The molecule has 0 unspecified atom stereocenters. The average Bonchev–Trinajstić information content (AvgIpc) is 2.41. The van der Waals surface area contributed by atoms with E-state index in [0.29, 0.717) is 36.2 Å². The van der Waals surface area contributed by atoms with Crippen LogP contribution in [-0.2, 0) is 0 Å². The van der Waals surface area contributed by atoms with E-state index >= 15 is 0 Å². The highest BCUT2D eigenvalue weighted by Crippen LogP contribution is 2.35. The predicted molar refractivity (Wildman–Crippen MR) is 63.9 cm³/mol. The molecule has 0 saturated heterocycles. The number of ether oxygens (including phenoxy) is 3. The topological polar surface area (TPSA) is 27.7 Å². The third-order valence-corrected chi connectivity index (χ3v) is 2.56. The van der Waals surface area contributed by atoms with E-state index in [0.717, 1.165) is 0 Å². The largest absolute Gasteiger partial charge is 0.486 e. The quantitative estimate of drug-likeness (QED) is 0.812. The maximum atomic E-state index is 12.8. The Hall–Kier alpha value is -2.23. The second kappa shape index (κ2) is 4.56. The van der Waals surface area contributed by atoms with Crippen molar-refractivity contribution in [1.82, 2.24) is 0 Å². The van der Waals surface area contributed by atoms with Crippen LogP contribution < -0.4 is 14.2 Å². The Kier molecular flexibility index (Phi) is 2.76. The number of benzene rings is 2. The van der Waals surface area contributed by atoms with Gasteiger partial charge in [-0.15, -0.1) is 0 Å². The third-order valence-electron chi connectivity index (χ3n) is 2.56. The molecule has 0 bridgehead atoms. The van der Waals surface area contributed by atoms with Gasteiger partial charge in [0.1, 0.15) is 30.5 Å². The van der Waals surface area contributed by atoms with Gasteiger partial charge in [0.15, 0.2) is 11.5 Å². The first-order chi connectivity index (χ1) is 8.81. The van der Waals surface area contributed by atoms with Gasteiger partial charge in [-0.25, -0.2) is 4.39 Å². The van der Waals surface area contributed by atoms with Crippen molar-refractivity contribution in [2.45, 2.75) is 0 Å². The summed E-state index contributed by atoms with van der Waals surface area (Å²) in [6, 6.07) is 11.2. The molecule has 0 atom stereocenters. The van der Waals surface area contributed by atoms with Crippen LogP contribution in [0.25, 0.3) is 0 Å². The van der Waals surface area contributed by atoms with Crippen LogP contribution in [0.2, 0.25) is 0 Å². The SMILES string of the molecule is Fc1ccc(Oc2ccc3c(c2)OCCO3)cc1. The second-order valence-corrected chi connectivity index (χ2v) is 3.86. The fourth-order valence-corrected chi connectivity index (χ4v) is 1.73. The number of hydrogen-bond donors (Lipinski definition) is 0. The molecule has 0 radical (unpaired) electrons. The Morgan fingerprint density at radius 1 is 0.833 bits per heavy atom. The Morgan fingerprint density at radius 3 is 2.28 bits per heavy atom. The zero-order chi connectivity index (χ0) is 12.4. The first kappa shape index (κ1) is 10.9. The molecule has 3 nitrogen and oxygen atoms in total. The van der Waals surface area contributed by atoms with Gasteiger partial charge in [-0.2, -0.15) is 0 Å². The molecule has 0 spiro atoms. The molecule has 2 aromatic rings. The smallest absolute Gasteiger partial charge is 0.165 e. The number of halogens is 1. The van der Waals surface area contributed by atoms with Crippen molar-refractivity contribution in [3.63, 3.8) is 0 Å². The van der Waals surface area contributed by atoms with Gasteiger partial charge in [0.2, 0.25) is 0 Å². The van der Waals surface area contributed by atoms with Crippen molar-refractivity contribution in [2.75, 3.05) is 13.2 Å². The summed E-state index contributed by atoms with van der Waals surface area (Å²) in [4.78, 5) is 0. The number of rotatable bonds is 2. The Labute approximate surface area is 104 Å². The molecule has 92 valence electrons. The molecule has 0 aromatic heterocycles. The van der Waals surface area contributed by atoms with Crippen molar-refractivity contribution < 1.29 is 18.6 Å². The lowest BCUT2D eigenvalue weighted by Gasteiger charge is -2.18. The number of fused-ring (bicyclic) bond motifs is 1. The first-order valence-corrected chi connectivity index (χ1v) is 5.64. The summed E-state index contributed by atoms with van der Waals surface area (Å²) in [6.07, 6.45) is 0. The minimum Gasteiger partial charge on any atom is -0.486 e. The van der Waals surface area contributed by atoms with Crippen LogP contribution in [0.4, 0.5) is 4.39 Å². The van der Waals surface area contributed by atoms with E-state index in [1.807, 2.05) is 0 Å². The highest BCUT2D eigenvalue weighted by Gasteiger charge is 2.12. The summed E-state index contributed by atoms with van der Waals surface area (Å²) in [5.74, 6) is 2.30. The van der Waals surface area contributed by atoms with Gasteiger partial charge in [-0.1, -0.05) is 0 Å². The highest BCUT2D eigenvalue weighted by molar-refractivity contribution is 5.47.